The van der Waals surface area contributed by atoms with Gasteiger partial charge in [0.1, 0.15) is 6.04 Å². The van der Waals surface area contributed by atoms with Crippen LogP contribution >= 0.6 is 0 Å². The summed E-state index contributed by atoms with van der Waals surface area (Å²) >= 11 is 0. The van der Waals surface area contributed by atoms with E-state index in [2.05, 4.69) is 6.92 Å². The van der Waals surface area contributed by atoms with Crippen LogP contribution in [0.5, 0.6) is 0 Å². The highest BCUT2D eigenvalue weighted by Crippen LogP contribution is 2.24. The minimum atomic E-state index is -0.943. The van der Waals surface area contributed by atoms with Crippen LogP contribution in [0.4, 0.5) is 0 Å². The van der Waals surface area contributed by atoms with E-state index >= 15 is 0 Å². The second kappa shape index (κ2) is 6.87. The van der Waals surface area contributed by atoms with Crippen LogP contribution in [0.15, 0.2) is 48.5 Å². The largest absolute Gasteiger partial charge is 0.480 e. The monoisotopic (exact) mass is 323 g/mol. The number of carbonyl (C=O) groups excluding carboxylic acids is 1. The van der Waals surface area contributed by atoms with Crippen LogP contribution in [-0.4, -0.2) is 27.9 Å². The van der Waals surface area contributed by atoms with Crippen LogP contribution < -0.4 is 0 Å². The first-order valence-electron chi connectivity index (χ1n) is 8.26. The van der Waals surface area contributed by atoms with E-state index in [0.29, 0.717) is 13.0 Å². The molecule has 1 N–H and O–H groups in total. The van der Waals surface area contributed by atoms with E-state index in [0.717, 1.165) is 28.7 Å². The second-order valence-corrected chi connectivity index (χ2v) is 6.15. The van der Waals surface area contributed by atoms with Gasteiger partial charge in [0.05, 0.1) is 6.42 Å². The molecule has 0 aromatic heterocycles. The maximum atomic E-state index is 12.8. The van der Waals surface area contributed by atoms with Gasteiger partial charge in [-0.1, -0.05) is 55.5 Å². The number of fused-ring (bicyclic) bond motifs is 1. The molecule has 124 valence electrons. The van der Waals surface area contributed by atoms with Crippen LogP contribution in [0.3, 0.4) is 0 Å². The average molecular weight is 323 g/mol. The van der Waals surface area contributed by atoms with Gasteiger partial charge in [0.15, 0.2) is 0 Å². The summed E-state index contributed by atoms with van der Waals surface area (Å²) < 4.78 is 0. The Morgan fingerprint density at radius 2 is 1.67 bits per heavy atom. The molecule has 1 amide bonds. The molecule has 0 spiro atoms. The number of aliphatic carboxylic acids is 1. The van der Waals surface area contributed by atoms with Crippen LogP contribution in [0, 0.1) is 0 Å². The summed E-state index contributed by atoms with van der Waals surface area (Å²) in [6.45, 7) is 2.42. The number of carbonyl (C=O) groups is 2. The predicted molar refractivity (Wildman–Crippen MR) is 91.6 cm³/mol. The summed E-state index contributed by atoms with van der Waals surface area (Å²) in [7, 11) is 0. The minimum Gasteiger partial charge on any atom is -0.480 e. The van der Waals surface area contributed by atoms with Crippen LogP contribution in [0.1, 0.15) is 29.2 Å². The van der Waals surface area contributed by atoms with Gasteiger partial charge in [-0.25, -0.2) is 4.79 Å². The Balaban J connectivity index is 1.86. The Hall–Kier alpha value is -2.62. The zero-order valence-corrected chi connectivity index (χ0v) is 13.7. The first-order valence-corrected chi connectivity index (χ1v) is 8.26. The van der Waals surface area contributed by atoms with Crippen LogP contribution in [0.2, 0.25) is 0 Å². The Morgan fingerprint density at radius 3 is 2.33 bits per heavy atom. The smallest absolute Gasteiger partial charge is 0.326 e. The van der Waals surface area contributed by atoms with Crippen molar-refractivity contribution in [2.45, 2.75) is 38.8 Å². The molecular weight excluding hydrogens is 302 g/mol. The van der Waals surface area contributed by atoms with Gasteiger partial charge in [0, 0.05) is 13.0 Å². The fourth-order valence-corrected chi connectivity index (χ4v) is 3.35. The number of carboxylic acids is 1. The molecule has 1 aliphatic rings. The lowest BCUT2D eigenvalue weighted by Crippen LogP contribution is -2.49. The lowest BCUT2D eigenvalue weighted by atomic mass is 9.93. The van der Waals surface area contributed by atoms with E-state index < -0.39 is 12.0 Å². The zero-order valence-electron chi connectivity index (χ0n) is 13.7. The van der Waals surface area contributed by atoms with Crippen molar-refractivity contribution in [2.24, 2.45) is 0 Å². The molecule has 3 rings (SSSR count). The first-order chi connectivity index (χ1) is 11.6. The summed E-state index contributed by atoms with van der Waals surface area (Å²) in [5, 5.41) is 9.56. The third kappa shape index (κ3) is 3.18. The van der Waals surface area contributed by atoms with Gasteiger partial charge in [0.2, 0.25) is 5.91 Å². The lowest BCUT2D eigenvalue weighted by Gasteiger charge is -2.34. The Bertz CT molecular complexity index is 769. The van der Waals surface area contributed by atoms with Gasteiger partial charge in [-0.15, -0.1) is 0 Å². The normalized spacial score (nSPS) is 16.5. The van der Waals surface area contributed by atoms with E-state index in [1.165, 1.54) is 4.90 Å². The number of hydrogen-bond acceptors (Lipinski definition) is 2. The molecule has 24 heavy (non-hydrogen) atoms. The molecule has 1 atom stereocenters. The summed E-state index contributed by atoms with van der Waals surface area (Å²) in [6.07, 6.45) is 1.47. The maximum absolute atomic E-state index is 12.8. The van der Waals surface area contributed by atoms with Gasteiger partial charge in [0.25, 0.3) is 0 Å². The summed E-state index contributed by atoms with van der Waals surface area (Å²) in [6, 6.07) is 14.8. The molecule has 0 aliphatic carbocycles. The molecule has 0 bridgehead atoms. The Morgan fingerprint density at radius 1 is 1.04 bits per heavy atom. The fourth-order valence-electron chi connectivity index (χ4n) is 3.35. The molecule has 4 nitrogen and oxygen atoms in total. The molecule has 0 saturated carbocycles. The second-order valence-electron chi connectivity index (χ2n) is 6.15. The van der Waals surface area contributed by atoms with Crippen molar-refractivity contribution in [3.63, 3.8) is 0 Å². The first kappa shape index (κ1) is 16.2. The molecule has 2 aromatic carbocycles. The van der Waals surface area contributed by atoms with Gasteiger partial charge < -0.3 is 10.0 Å². The van der Waals surface area contributed by atoms with Crippen molar-refractivity contribution >= 4 is 11.9 Å². The van der Waals surface area contributed by atoms with Crippen LogP contribution in [0.25, 0.3) is 0 Å². The standard InChI is InChI=1S/C20H21NO3/c1-2-14-7-3-4-9-16(14)12-19(22)21-13-17-10-6-5-8-15(17)11-18(21)20(23)24/h3-10,18H,2,11-13H2,1H3,(H,23,24). The molecule has 4 heteroatoms. The number of amides is 1. The molecule has 1 aliphatic heterocycles. The van der Waals surface area contributed by atoms with Crippen molar-refractivity contribution in [3.05, 3.63) is 70.8 Å². The summed E-state index contributed by atoms with van der Waals surface area (Å²) in [5.74, 6) is -1.07. The number of benzene rings is 2. The number of hydrogen-bond donors (Lipinski definition) is 1. The van der Waals surface area contributed by atoms with E-state index in [1.54, 1.807) is 0 Å². The predicted octanol–water partition coefficient (Wildman–Crippen LogP) is 2.83. The van der Waals surface area contributed by atoms with E-state index in [-0.39, 0.29) is 12.3 Å². The number of aryl methyl sites for hydroxylation is 1. The molecule has 0 radical (unpaired) electrons. The van der Waals surface area contributed by atoms with Crippen molar-refractivity contribution in [1.29, 1.82) is 0 Å². The highest BCUT2D eigenvalue weighted by molar-refractivity contribution is 5.86. The molecule has 0 saturated heterocycles. The van der Waals surface area contributed by atoms with E-state index in [9.17, 15) is 14.7 Å². The average Bonchev–Trinajstić information content (AvgIpc) is 2.61. The van der Waals surface area contributed by atoms with Gasteiger partial charge in [-0.2, -0.15) is 0 Å². The highest BCUT2D eigenvalue weighted by Gasteiger charge is 2.34. The van der Waals surface area contributed by atoms with Crippen LogP contribution in [-0.2, 0) is 35.4 Å². The van der Waals surface area contributed by atoms with Crippen molar-refractivity contribution in [1.82, 2.24) is 4.90 Å². The lowest BCUT2D eigenvalue weighted by molar-refractivity contribution is -0.151. The molecule has 1 heterocycles. The fraction of sp³-hybridized carbons (Fsp3) is 0.300. The van der Waals surface area contributed by atoms with Gasteiger partial charge >= 0.3 is 5.97 Å². The Labute approximate surface area is 141 Å². The molecule has 0 fully saturated rings. The summed E-state index contributed by atoms with van der Waals surface area (Å²) in [4.78, 5) is 26.0. The Kier molecular flexibility index (Phi) is 4.65. The van der Waals surface area contributed by atoms with Gasteiger partial charge in [-0.05, 0) is 28.7 Å². The SMILES string of the molecule is CCc1ccccc1CC(=O)N1Cc2ccccc2CC1C(=O)O. The third-order valence-corrected chi connectivity index (χ3v) is 4.69. The third-order valence-electron chi connectivity index (χ3n) is 4.69. The van der Waals surface area contributed by atoms with E-state index in [4.69, 9.17) is 0 Å². The summed E-state index contributed by atoms with van der Waals surface area (Å²) in [5.41, 5.74) is 4.16. The molecule has 2 aromatic rings. The molecule has 1 unspecified atom stereocenters. The molecular formula is C20H21NO3. The quantitative estimate of drug-likeness (QED) is 0.941. The topological polar surface area (TPSA) is 57.6 Å². The number of rotatable bonds is 4. The van der Waals surface area contributed by atoms with Crippen molar-refractivity contribution in [3.8, 4) is 0 Å². The number of carboxylic acid groups (broad SMARTS) is 1. The van der Waals surface area contributed by atoms with E-state index in [1.807, 2.05) is 48.5 Å². The zero-order chi connectivity index (χ0) is 17.1. The highest BCUT2D eigenvalue weighted by atomic mass is 16.4. The minimum absolute atomic E-state index is 0.127. The van der Waals surface area contributed by atoms with Crippen molar-refractivity contribution < 1.29 is 14.7 Å². The number of nitrogens with zero attached hydrogens (tertiary/aromatic N) is 1. The van der Waals surface area contributed by atoms with Crippen molar-refractivity contribution in [2.75, 3.05) is 0 Å². The van der Waals surface area contributed by atoms with Gasteiger partial charge in [-0.3, -0.25) is 4.79 Å². The maximum Gasteiger partial charge on any atom is 0.326 e.